The molecule has 1 saturated heterocycles. The highest BCUT2D eigenvalue weighted by Crippen LogP contribution is 2.39. The lowest BCUT2D eigenvalue weighted by molar-refractivity contribution is 0.120. The fourth-order valence-corrected chi connectivity index (χ4v) is 2.84. The van der Waals surface area contributed by atoms with E-state index < -0.39 is 0 Å². The number of hydrogen-bond donors (Lipinski definition) is 2. The average molecular weight is 319 g/mol. The molecule has 128 valence electrons. The molecule has 0 radical (unpaired) electrons. The highest BCUT2D eigenvalue weighted by atomic mass is 16.5. The molecule has 1 aromatic heterocycles. The van der Waals surface area contributed by atoms with Crippen LogP contribution in [-0.2, 0) is 4.74 Å². The van der Waals surface area contributed by atoms with E-state index in [9.17, 15) is 0 Å². The van der Waals surface area contributed by atoms with Crippen molar-refractivity contribution in [3.63, 3.8) is 0 Å². The number of rotatable bonds is 9. The molecule has 2 N–H and O–H groups in total. The molecule has 1 aliphatic carbocycles. The van der Waals surface area contributed by atoms with Gasteiger partial charge in [-0.1, -0.05) is 0 Å². The monoisotopic (exact) mass is 319 g/mol. The predicted molar refractivity (Wildman–Crippen MR) is 93.1 cm³/mol. The maximum absolute atomic E-state index is 5.67. The van der Waals surface area contributed by atoms with Crippen LogP contribution in [0.15, 0.2) is 6.07 Å². The summed E-state index contributed by atoms with van der Waals surface area (Å²) in [6.45, 7) is 3.69. The summed E-state index contributed by atoms with van der Waals surface area (Å²) in [5.41, 5.74) is 1.17. The number of aromatic nitrogens is 2. The normalized spacial score (nSPS) is 20.9. The van der Waals surface area contributed by atoms with E-state index in [-0.39, 0.29) is 0 Å². The summed E-state index contributed by atoms with van der Waals surface area (Å²) in [7, 11) is 4.19. The van der Waals surface area contributed by atoms with Gasteiger partial charge in [-0.25, -0.2) is 4.98 Å². The van der Waals surface area contributed by atoms with Crippen molar-refractivity contribution in [1.82, 2.24) is 14.9 Å². The topological polar surface area (TPSA) is 62.3 Å². The molecule has 23 heavy (non-hydrogen) atoms. The zero-order valence-corrected chi connectivity index (χ0v) is 14.3. The van der Waals surface area contributed by atoms with Crippen molar-refractivity contribution in [2.75, 3.05) is 51.0 Å². The molecule has 0 unspecified atom stereocenters. The van der Waals surface area contributed by atoms with Gasteiger partial charge in [-0.2, -0.15) is 4.98 Å². The van der Waals surface area contributed by atoms with Gasteiger partial charge in [-0.15, -0.1) is 0 Å². The molecule has 1 aromatic rings. The van der Waals surface area contributed by atoms with Gasteiger partial charge in [0.15, 0.2) is 0 Å². The van der Waals surface area contributed by atoms with Gasteiger partial charge in [0, 0.05) is 31.7 Å². The van der Waals surface area contributed by atoms with Gasteiger partial charge in [0.1, 0.15) is 5.82 Å². The fraction of sp³-hybridized carbons (Fsp3) is 0.765. The Kier molecular flexibility index (Phi) is 5.67. The number of anilines is 2. The molecule has 3 rings (SSSR count). The van der Waals surface area contributed by atoms with Crippen molar-refractivity contribution >= 4 is 11.8 Å². The van der Waals surface area contributed by atoms with Gasteiger partial charge < -0.3 is 20.3 Å². The van der Waals surface area contributed by atoms with E-state index in [2.05, 4.69) is 45.7 Å². The Morgan fingerprint density at radius 2 is 2.09 bits per heavy atom. The molecule has 2 fully saturated rings. The van der Waals surface area contributed by atoms with Crippen LogP contribution in [-0.4, -0.2) is 61.3 Å². The summed E-state index contributed by atoms with van der Waals surface area (Å²) < 4.78 is 5.67. The van der Waals surface area contributed by atoms with Crippen molar-refractivity contribution in [2.45, 2.75) is 44.1 Å². The van der Waals surface area contributed by atoms with Crippen molar-refractivity contribution in [3.8, 4) is 0 Å². The van der Waals surface area contributed by atoms with Gasteiger partial charge in [0.05, 0.1) is 11.8 Å². The molecule has 6 heteroatoms. The molecular weight excluding hydrogens is 290 g/mol. The first-order chi connectivity index (χ1) is 11.2. The minimum absolute atomic E-state index is 0.325. The largest absolute Gasteiger partial charge is 0.376 e. The van der Waals surface area contributed by atoms with E-state index in [1.807, 2.05) is 0 Å². The smallest absolute Gasteiger partial charge is 0.224 e. The molecule has 1 atom stereocenters. The van der Waals surface area contributed by atoms with Gasteiger partial charge in [-0.05, 0) is 52.7 Å². The second-order valence-electron chi connectivity index (χ2n) is 6.88. The first-order valence-corrected chi connectivity index (χ1v) is 8.84. The van der Waals surface area contributed by atoms with Crippen molar-refractivity contribution in [3.05, 3.63) is 11.8 Å². The Morgan fingerprint density at radius 3 is 2.78 bits per heavy atom. The zero-order chi connectivity index (χ0) is 16.1. The molecule has 0 spiro atoms. The lowest BCUT2D eigenvalue weighted by Gasteiger charge is -2.14. The molecule has 2 aliphatic rings. The maximum atomic E-state index is 5.67. The average Bonchev–Trinajstić information content (AvgIpc) is 3.26. The molecule has 2 heterocycles. The van der Waals surface area contributed by atoms with E-state index in [4.69, 9.17) is 4.74 Å². The SMILES string of the molecule is CN(C)CCCNc1nc(NC[C@@H]2CCCO2)cc(C2CC2)n1. The Bertz CT molecular complexity index is 498. The van der Waals surface area contributed by atoms with E-state index in [1.54, 1.807) is 0 Å². The molecule has 0 bridgehead atoms. The zero-order valence-electron chi connectivity index (χ0n) is 14.3. The van der Waals surface area contributed by atoms with Crippen LogP contribution in [0.4, 0.5) is 11.8 Å². The third kappa shape index (κ3) is 5.32. The van der Waals surface area contributed by atoms with Crippen LogP contribution >= 0.6 is 0 Å². The highest BCUT2D eigenvalue weighted by molar-refractivity contribution is 5.44. The first-order valence-electron chi connectivity index (χ1n) is 8.84. The van der Waals surface area contributed by atoms with Crippen LogP contribution in [0.1, 0.15) is 43.7 Å². The van der Waals surface area contributed by atoms with Crippen LogP contribution in [0, 0.1) is 0 Å². The summed E-state index contributed by atoms with van der Waals surface area (Å²) >= 11 is 0. The fourth-order valence-electron chi connectivity index (χ4n) is 2.84. The lowest BCUT2D eigenvalue weighted by atomic mass is 10.2. The molecule has 0 amide bonds. The van der Waals surface area contributed by atoms with Gasteiger partial charge in [-0.3, -0.25) is 0 Å². The Labute approximate surface area is 139 Å². The first kappa shape index (κ1) is 16.5. The predicted octanol–water partition coefficient (Wildman–Crippen LogP) is 2.31. The lowest BCUT2D eigenvalue weighted by Crippen LogP contribution is -2.20. The summed E-state index contributed by atoms with van der Waals surface area (Å²) in [6.07, 6.45) is 6.23. The number of nitrogens with zero attached hydrogens (tertiary/aromatic N) is 3. The van der Waals surface area contributed by atoms with E-state index in [0.717, 1.165) is 50.8 Å². The van der Waals surface area contributed by atoms with E-state index in [0.29, 0.717) is 12.0 Å². The molecule has 6 nitrogen and oxygen atoms in total. The second-order valence-corrected chi connectivity index (χ2v) is 6.88. The van der Waals surface area contributed by atoms with Crippen LogP contribution in [0.5, 0.6) is 0 Å². The van der Waals surface area contributed by atoms with Gasteiger partial charge >= 0.3 is 0 Å². The third-order valence-electron chi connectivity index (χ3n) is 4.34. The number of nitrogens with one attached hydrogen (secondary N) is 2. The van der Waals surface area contributed by atoms with Crippen molar-refractivity contribution in [2.24, 2.45) is 0 Å². The van der Waals surface area contributed by atoms with Crippen LogP contribution in [0.2, 0.25) is 0 Å². The quantitative estimate of drug-likeness (QED) is 0.681. The Balaban J connectivity index is 1.56. The van der Waals surface area contributed by atoms with Crippen LogP contribution in [0.25, 0.3) is 0 Å². The minimum Gasteiger partial charge on any atom is -0.376 e. The third-order valence-corrected chi connectivity index (χ3v) is 4.34. The van der Waals surface area contributed by atoms with Crippen molar-refractivity contribution in [1.29, 1.82) is 0 Å². The van der Waals surface area contributed by atoms with E-state index >= 15 is 0 Å². The maximum Gasteiger partial charge on any atom is 0.224 e. The highest BCUT2D eigenvalue weighted by Gasteiger charge is 2.26. The van der Waals surface area contributed by atoms with Gasteiger partial charge in [0.2, 0.25) is 5.95 Å². The Hall–Kier alpha value is -1.40. The molecule has 1 saturated carbocycles. The standard InChI is InChI=1S/C17H29N5O/c1-22(2)9-4-8-18-17-20-15(13-6-7-13)11-16(21-17)19-12-14-5-3-10-23-14/h11,13-14H,3-10,12H2,1-2H3,(H2,18,19,20,21)/t14-/m0/s1. The van der Waals surface area contributed by atoms with E-state index in [1.165, 1.54) is 25.0 Å². The molecular formula is C17H29N5O. The molecule has 1 aliphatic heterocycles. The van der Waals surface area contributed by atoms with Crippen LogP contribution in [0.3, 0.4) is 0 Å². The van der Waals surface area contributed by atoms with Crippen LogP contribution < -0.4 is 10.6 Å². The number of ether oxygens (including phenoxy) is 1. The van der Waals surface area contributed by atoms with Crippen molar-refractivity contribution < 1.29 is 4.74 Å². The molecule has 0 aromatic carbocycles. The summed E-state index contributed by atoms with van der Waals surface area (Å²) in [4.78, 5) is 11.5. The van der Waals surface area contributed by atoms with Gasteiger partial charge in [0.25, 0.3) is 0 Å². The minimum atomic E-state index is 0.325. The summed E-state index contributed by atoms with van der Waals surface area (Å²) in [5, 5.41) is 6.81. The second kappa shape index (κ2) is 7.93. The Morgan fingerprint density at radius 1 is 1.22 bits per heavy atom. The summed E-state index contributed by atoms with van der Waals surface area (Å²) in [5.74, 6) is 2.30. The number of hydrogen-bond acceptors (Lipinski definition) is 6. The summed E-state index contributed by atoms with van der Waals surface area (Å²) in [6, 6.07) is 2.11.